The van der Waals surface area contributed by atoms with Crippen LogP contribution in [0.25, 0.3) is 0 Å². The number of carbonyl (C=O) groups is 1. The predicted octanol–water partition coefficient (Wildman–Crippen LogP) is 4.13. The average Bonchev–Trinajstić information content (AvgIpc) is 2.92. The Balaban J connectivity index is 2.11. The van der Waals surface area contributed by atoms with Crippen LogP contribution in [0, 0.1) is 0 Å². The van der Waals surface area contributed by atoms with E-state index in [2.05, 4.69) is 22.5 Å². The van der Waals surface area contributed by atoms with Crippen LogP contribution in [0.1, 0.15) is 110 Å². The lowest BCUT2D eigenvalue weighted by atomic mass is 10.0. The fourth-order valence-electron chi connectivity index (χ4n) is 4.36. The summed E-state index contributed by atoms with van der Waals surface area (Å²) >= 11 is 0. The van der Waals surface area contributed by atoms with E-state index in [0.29, 0.717) is 18.1 Å². The van der Waals surface area contributed by atoms with Crippen LogP contribution in [0.3, 0.4) is 0 Å². The Kier molecular flexibility index (Phi) is 19.9. The summed E-state index contributed by atoms with van der Waals surface area (Å²) in [6.07, 6.45) is 13.3. The third-order valence-corrected chi connectivity index (χ3v) is 6.84. The molecule has 0 radical (unpaired) electrons. The Bertz CT molecular complexity index is 723. The number of aliphatic hydroxyl groups excluding tert-OH is 5. The molecular weight excluding hydrogens is 486 g/mol. The Labute approximate surface area is 229 Å². The summed E-state index contributed by atoms with van der Waals surface area (Å²) in [6, 6.07) is 5.01. The van der Waals surface area contributed by atoms with Gasteiger partial charge in [-0.15, -0.1) is 0 Å². The van der Waals surface area contributed by atoms with Crippen molar-refractivity contribution in [2.45, 2.75) is 134 Å². The minimum absolute atomic E-state index is 0.0964. The van der Waals surface area contributed by atoms with E-state index in [1.807, 2.05) is 0 Å². The van der Waals surface area contributed by atoms with Gasteiger partial charge in [-0.25, -0.2) is 4.98 Å². The molecule has 0 fully saturated rings. The number of hydrogen-bond donors (Lipinski definition) is 7. The van der Waals surface area contributed by atoms with Gasteiger partial charge in [0, 0.05) is 13.0 Å². The lowest BCUT2D eigenvalue weighted by molar-refractivity contribution is -0.116. The molecule has 7 N–H and O–H groups in total. The van der Waals surface area contributed by atoms with Gasteiger partial charge in [-0.3, -0.25) is 4.79 Å². The van der Waals surface area contributed by atoms with Crippen molar-refractivity contribution < 1.29 is 30.3 Å². The van der Waals surface area contributed by atoms with E-state index in [4.69, 9.17) is 5.11 Å². The number of aromatic nitrogens is 1. The molecular formula is C29H53N3O6. The van der Waals surface area contributed by atoms with E-state index in [1.165, 1.54) is 77.0 Å². The van der Waals surface area contributed by atoms with E-state index in [9.17, 15) is 25.2 Å². The number of hydrogen-bond acceptors (Lipinski definition) is 8. The number of aliphatic hydroxyl groups is 5. The molecule has 0 aliphatic rings. The van der Waals surface area contributed by atoms with Crippen LogP contribution in [0.4, 0.5) is 11.6 Å². The van der Waals surface area contributed by atoms with Gasteiger partial charge in [0.1, 0.15) is 29.9 Å². The van der Waals surface area contributed by atoms with E-state index in [1.54, 1.807) is 18.2 Å². The van der Waals surface area contributed by atoms with E-state index < -0.39 is 31.0 Å². The van der Waals surface area contributed by atoms with E-state index >= 15 is 0 Å². The summed E-state index contributed by atoms with van der Waals surface area (Å²) < 4.78 is 0. The van der Waals surface area contributed by atoms with Gasteiger partial charge in [0.2, 0.25) is 5.91 Å². The predicted molar refractivity (Wildman–Crippen MR) is 152 cm³/mol. The van der Waals surface area contributed by atoms with Crippen molar-refractivity contribution in [3.63, 3.8) is 0 Å². The molecule has 0 saturated heterocycles. The number of anilines is 2. The maximum absolute atomic E-state index is 12.3. The van der Waals surface area contributed by atoms with Gasteiger partial charge in [-0.2, -0.15) is 0 Å². The highest BCUT2D eigenvalue weighted by molar-refractivity contribution is 5.89. The molecule has 0 saturated carbocycles. The van der Waals surface area contributed by atoms with E-state index in [-0.39, 0.29) is 12.5 Å². The van der Waals surface area contributed by atoms with Crippen molar-refractivity contribution in [1.29, 1.82) is 0 Å². The normalized spacial score (nSPS) is 14.6. The molecule has 38 heavy (non-hydrogen) atoms. The Morgan fingerprint density at radius 3 is 1.74 bits per heavy atom. The first-order valence-corrected chi connectivity index (χ1v) is 14.7. The molecule has 1 aromatic heterocycles. The average molecular weight is 540 g/mol. The first-order chi connectivity index (χ1) is 18.4. The zero-order chi connectivity index (χ0) is 28.0. The van der Waals surface area contributed by atoms with Crippen LogP contribution in [0.5, 0.6) is 0 Å². The summed E-state index contributed by atoms with van der Waals surface area (Å²) in [5.41, 5.74) is 0. The second-order valence-electron chi connectivity index (χ2n) is 10.3. The highest BCUT2D eigenvalue weighted by Gasteiger charge is 2.29. The van der Waals surface area contributed by atoms with Crippen molar-refractivity contribution in [3.05, 3.63) is 18.2 Å². The molecule has 1 aromatic rings. The number of nitrogens with one attached hydrogen (secondary N) is 2. The molecule has 1 amide bonds. The van der Waals surface area contributed by atoms with Gasteiger partial charge in [0.25, 0.3) is 0 Å². The quantitative estimate of drug-likeness (QED) is 0.0967. The van der Waals surface area contributed by atoms with Crippen LogP contribution in [-0.2, 0) is 4.79 Å². The molecule has 0 aromatic carbocycles. The van der Waals surface area contributed by atoms with Crippen LogP contribution in [0.2, 0.25) is 0 Å². The molecule has 0 bridgehead atoms. The summed E-state index contributed by atoms with van der Waals surface area (Å²) in [6.45, 7) is 1.37. The minimum atomic E-state index is -1.69. The highest BCUT2D eigenvalue weighted by atomic mass is 16.4. The van der Waals surface area contributed by atoms with Crippen molar-refractivity contribution >= 4 is 17.5 Å². The molecule has 220 valence electrons. The third kappa shape index (κ3) is 16.2. The lowest BCUT2D eigenvalue weighted by Crippen LogP contribution is -2.48. The summed E-state index contributed by atoms with van der Waals surface area (Å²) in [4.78, 5) is 16.5. The fraction of sp³-hybridized carbons (Fsp3) is 0.793. The Hall–Kier alpha value is -1.78. The standard InChI is InChI=1S/C29H53N3O6/c1-2-3-4-5-6-7-8-9-10-11-12-13-14-15-16-20-27(36)32-26-19-17-18-25(31-26)30-21-23(34)28(37)29(38)24(35)22-33/h17-19,23-24,28-29,33-35,37-38H,2-16,20-22H2,1H3,(H2,30,31,32,36)/t23-,24+,28+,29+/m0/s1. The summed E-state index contributed by atoms with van der Waals surface area (Å²) in [7, 11) is 0. The molecule has 4 atom stereocenters. The Morgan fingerprint density at radius 2 is 1.21 bits per heavy atom. The molecule has 0 aliphatic heterocycles. The molecule has 9 heteroatoms. The second-order valence-corrected chi connectivity index (χ2v) is 10.3. The van der Waals surface area contributed by atoms with Crippen LogP contribution in [-0.4, -0.2) is 74.0 Å². The van der Waals surface area contributed by atoms with Crippen molar-refractivity contribution in [2.75, 3.05) is 23.8 Å². The minimum Gasteiger partial charge on any atom is -0.394 e. The van der Waals surface area contributed by atoms with Crippen molar-refractivity contribution in [3.8, 4) is 0 Å². The fourth-order valence-corrected chi connectivity index (χ4v) is 4.36. The molecule has 0 aliphatic carbocycles. The van der Waals surface area contributed by atoms with Gasteiger partial charge < -0.3 is 36.2 Å². The molecule has 0 unspecified atom stereocenters. The SMILES string of the molecule is CCCCCCCCCCCCCCCCCC(=O)Nc1cccc(NC[C@H](O)[C@@H](O)[C@H](O)[C@H](O)CO)n1. The number of pyridine rings is 1. The number of carbonyl (C=O) groups excluding carboxylic acids is 1. The zero-order valence-electron chi connectivity index (χ0n) is 23.4. The third-order valence-electron chi connectivity index (χ3n) is 6.84. The van der Waals surface area contributed by atoms with Gasteiger partial charge in [0.05, 0.1) is 12.7 Å². The molecule has 1 rings (SSSR count). The van der Waals surface area contributed by atoms with Gasteiger partial charge >= 0.3 is 0 Å². The second kappa shape index (κ2) is 22.1. The lowest BCUT2D eigenvalue weighted by Gasteiger charge is -2.25. The first-order valence-electron chi connectivity index (χ1n) is 14.7. The number of rotatable bonds is 24. The van der Waals surface area contributed by atoms with E-state index in [0.717, 1.165) is 19.3 Å². The molecule has 9 nitrogen and oxygen atoms in total. The van der Waals surface area contributed by atoms with Crippen LogP contribution >= 0.6 is 0 Å². The van der Waals surface area contributed by atoms with Gasteiger partial charge in [0.15, 0.2) is 0 Å². The van der Waals surface area contributed by atoms with Crippen molar-refractivity contribution in [2.24, 2.45) is 0 Å². The summed E-state index contributed by atoms with van der Waals surface area (Å²) in [5.74, 6) is 0.658. The Morgan fingerprint density at radius 1 is 0.737 bits per heavy atom. The topological polar surface area (TPSA) is 155 Å². The number of nitrogens with zero attached hydrogens (tertiary/aromatic N) is 1. The maximum atomic E-state index is 12.3. The van der Waals surface area contributed by atoms with Gasteiger partial charge in [-0.1, -0.05) is 103 Å². The van der Waals surface area contributed by atoms with Crippen LogP contribution in [0.15, 0.2) is 18.2 Å². The first kappa shape index (κ1) is 34.2. The van der Waals surface area contributed by atoms with Crippen LogP contribution < -0.4 is 10.6 Å². The summed E-state index contributed by atoms with van der Waals surface area (Å²) in [5, 5.41) is 53.4. The largest absolute Gasteiger partial charge is 0.394 e. The number of unbranched alkanes of at least 4 members (excludes halogenated alkanes) is 14. The monoisotopic (exact) mass is 539 g/mol. The maximum Gasteiger partial charge on any atom is 0.225 e. The highest BCUT2D eigenvalue weighted by Crippen LogP contribution is 2.15. The molecule has 0 spiro atoms. The van der Waals surface area contributed by atoms with Crippen molar-refractivity contribution in [1.82, 2.24) is 4.98 Å². The van der Waals surface area contributed by atoms with Gasteiger partial charge in [-0.05, 0) is 18.6 Å². The molecule has 1 heterocycles. The smallest absolute Gasteiger partial charge is 0.225 e. The number of amides is 1. The zero-order valence-corrected chi connectivity index (χ0v) is 23.4.